The number of carbonyl (C=O) groups excluding carboxylic acids is 6. The molecule has 2 aliphatic carbocycles. The molecule has 0 saturated heterocycles. The van der Waals surface area contributed by atoms with Crippen molar-refractivity contribution in [3.63, 3.8) is 0 Å². The summed E-state index contributed by atoms with van der Waals surface area (Å²) in [4.78, 5) is 80.4. The minimum absolute atomic E-state index is 0.0426. The maximum atomic E-state index is 14.5. The highest BCUT2D eigenvalue weighted by molar-refractivity contribution is 6.19. The lowest BCUT2D eigenvalue weighted by Crippen LogP contribution is -2.33. The van der Waals surface area contributed by atoms with E-state index in [1.165, 1.54) is 26.8 Å². The van der Waals surface area contributed by atoms with Crippen LogP contribution in [0.4, 0.5) is 11.4 Å². The molecule has 232 valence electrons. The Morgan fingerprint density at radius 2 is 1.23 bits per heavy atom. The van der Waals surface area contributed by atoms with Crippen molar-refractivity contribution in [2.45, 2.75) is 47.5 Å². The predicted molar refractivity (Wildman–Crippen MR) is 159 cm³/mol. The lowest BCUT2D eigenvalue weighted by atomic mass is 9.70. The Labute approximate surface area is 254 Å². The van der Waals surface area contributed by atoms with Crippen molar-refractivity contribution in [3.05, 3.63) is 45.5 Å². The van der Waals surface area contributed by atoms with E-state index in [1.807, 2.05) is 19.0 Å². The Kier molecular flexibility index (Phi) is 8.67. The number of anilines is 2. The van der Waals surface area contributed by atoms with Crippen molar-refractivity contribution in [3.8, 4) is 17.2 Å². The Morgan fingerprint density at radius 1 is 0.682 bits per heavy atom. The summed E-state index contributed by atoms with van der Waals surface area (Å²) in [6.07, 6.45) is 0.426. The number of ketones is 2. The van der Waals surface area contributed by atoms with Crippen LogP contribution in [-0.2, 0) is 36.8 Å². The molecule has 0 bridgehead atoms. The van der Waals surface area contributed by atoms with Crippen LogP contribution in [0.3, 0.4) is 0 Å². The highest BCUT2D eigenvalue weighted by Crippen LogP contribution is 2.54. The molecule has 0 radical (unpaired) electrons. The lowest BCUT2D eigenvalue weighted by molar-refractivity contribution is -0.134. The third-order valence-corrected chi connectivity index (χ3v) is 7.26. The van der Waals surface area contributed by atoms with Gasteiger partial charge in [-0.2, -0.15) is 0 Å². The molecule has 0 aromatic heterocycles. The normalized spacial score (nSPS) is 14.9. The summed E-state index contributed by atoms with van der Waals surface area (Å²) in [5.74, 6) is -5.21. The highest BCUT2D eigenvalue weighted by atomic mass is 16.6. The van der Waals surface area contributed by atoms with Gasteiger partial charge in [-0.1, -0.05) is 0 Å². The molecule has 0 amide bonds. The van der Waals surface area contributed by atoms with E-state index >= 15 is 0 Å². The zero-order valence-corrected chi connectivity index (χ0v) is 26.1. The average Bonchev–Trinajstić information content (AvgIpc) is 2.86. The number of rotatable bonds is 7. The van der Waals surface area contributed by atoms with Gasteiger partial charge in [-0.3, -0.25) is 28.8 Å². The van der Waals surface area contributed by atoms with Crippen molar-refractivity contribution >= 4 is 52.6 Å². The zero-order chi connectivity index (χ0) is 32.8. The summed E-state index contributed by atoms with van der Waals surface area (Å²) in [6, 6.07) is 3.29. The van der Waals surface area contributed by atoms with Gasteiger partial charge in [0.25, 0.3) is 0 Å². The fourth-order valence-corrected chi connectivity index (χ4v) is 5.95. The van der Waals surface area contributed by atoms with E-state index in [1.54, 1.807) is 25.1 Å². The number of hydrogen-bond acceptors (Lipinski definition) is 12. The molecule has 0 fully saturated rings. The highest BCUT2D eigenvalue weighted by Gasteiger charge is 2.45. The first kappa shape index (κ1) is 31.9. The fraction of sp³-hybridized carbons (Fsp3) is 0.375. The topological polar surface area (TPSA) is 146 Å². The Bertz CT molecular complexity index is 1680. The van der Waals surface area contributed by atoms with Gasteiger partial charge in [0.2, 0.25) is 0 Å². The van der Waals surface area contributed by atoms with Gasteiger partial charge in [-0.05, 0) is 48.9 Å². The smallest absolute Gasteiger partial charge is 0.308 e. The zero-order valence-electron chi connectivity index (χ0n) is 26.1. The minimum Gasteiger partial charge on any atom is -0.426 e. The summed E-state index contributed by atoms with van der Waals surface area (Å²) in [6.45, 7) is 5.89. The maximum absolute atomic E-state index is 14.5. The van der Waals surface area contributed by atoms with Crippen LogP contribution in [0.2, 0.25) is 0 Å². The molecule has 2 aromatic rings. The largest absolute Gasteiger partial charge is 0.426 e. The number of Topliss-reactive ketones (excluding diaryl/α,β-unsaturated/α-hetero) is 2. The first-order chi connectivity index (χ1) is 20.5. The summed E-state index contributed by atoms with van der Waals surface area (Å²) in [5, 5.41) is 0. The number of esters is 4. The molecule has 1 atom stereocenters. The van der Waals surface area contributed by atoms with Crippen LogP contribution in [0.1, 0.15) is 72.0 Å². The third kappa shape index (κ3) is 5.67. The summed E-state index contributed by atoms with van der Waals surface area (Å²) < 4.78 is 22.4. The first-order valence-corrected chi connectivity index (χ1v) is 13.8. The number of benzene rings is 2. The van der Waals surface area contributed by atoms with E-state index in [0.29, 0.717) is 16.8 Å². The number of fused-ring (bicyclic) bond motifs is 3. The van der Waals surface area contributed by atoms with Gasteiger partial charge in [0.1, 0.15) is 17.1 Å². The van der Waals surface area contributed by atoms with E-state index in [-0.39, 0.29) is 58.1 Å². The molecule has 12 nitrogen and oxygen atoms in total. The van der Waals surface area contributed by atoms with E-state index in [9.17, 15) is 28.8 Å². The number of allylic oxidation sites excluding steroid dienone is 1. The molecule has 0 N–H and O–H groups in total. The molecule has 0 saturated carbocycles. The Balaban J connectivity index is 2.22. The SMILES string of the molecule is CC(=O)OC1=C2C(=O)c3c(OC(C)=O)ccc(N(C)C)c3CC2Cc2c1c(OC(C)=O)c(C(C)=O)c(OC(C)=O)c2N(C)C. The van der Waals surface area contributed by atoms with Gasteiger partial charge in [0, 0.05) is 67.1 Å². The molecule has 4 rings (SSSR count). The van der Waals surface area contributed by atoms with E-state index in [0.717, 1.165) is 19.5 Å². The quantitative estimate of drug-likeness (QED) is 0.257. The van der Waals surface area contributed by atoms with Gasteiger partial charge in [-0.15, -0.1) is 0 Å². The van der Waals surface area contributed by atoms with Crippen LogP contribution < -0.4 is 24.0 Å². The molecule has 0 heterocycles. The molecule has 0 aliphatic heterocycles. The van der Waals surface area contributed by atoms with Crippen molar-refractivity contribution in [2.75, 3.05) is 38.0 Å². The van der Waals surface area contributed by atoms with Crippen LogP contribution in [0.25, 0.3) is 5.76 Å². The Morgan fingerprint density at radius 3 is 1.73 bits per heavy atom. The molecular weight excluding hydrogens is 572 g/mol. The molecule has 2 aliphatic rings. The maximum Gasteiger partial charge on any atom is 0.308 e. The standard InChI is InChI=1S/C32H34N2O10/c1-14(35)24-30(42-16(3)37)27-21(28(34(8)9)32(24)44-18(5)39)13-19-12-20-22(33(6)7)10-11-23(41-15(2)36)26(20)29(40)25(19)31(27)43-17(4)38/h10-11,19H,12-13H2,1-9H3. The molecule has 1 unspecified atom stereocenters. The second-order valence-corrected chi connectivity index (χ2v) is 11.1. The molecule has 44 heavy (non-hydrogen) atoms. The number of carbonyl (C=O) groups is 6. The van der Waals surface area contributed by atoms with Crippen molar-refractivity contribution in [2.24, 2.45) is 5.92 Å². The second kappa shape index (κ2) is 11.9. The average molecular weight is 607 g/mol. The van der Waals surface area contributed by atoms with Crippen LogP contribution >= 0.6 is 0 Å². The first-order valence-electron chi connectivity index (χ1n) is 13.8. The van der Waals surface area contributed by atoms with Gasteiger partial charge < -0.3 is 28.7 Å². The summed E-state index contributed by atoms with van der Waals surface area (Å²) >= 11 is 0. The van der Waals surface area contributed by atoms with Gasteiger partial charge >= 0.3 is 23.9 Å². The van der Waals surface area contributed by atoms with Crippen molar-refractivity contribution in [1.82, 2.24) is 0 Å². The van der Waals surface area contributed by atoms with Crippen LogP contribution in [-0.4, -0.2) is 63.6 Å². The van der Waals surface area contributed by atoms with Crippen molar-refractivity contribution < 1.29 is 47.7 Å². The van der Waals surface area contributed by atoms with Gasteiger partial charge in [-0.25, -0.2) is 0 Å². The molecule has 0 spiro atoms. The summed E-state index contributed by atoms with van der Waals surface area (Å²) in [7, 11) is 7.00. The molecule has 12 heteroatoms. The Hall–Kier alpha value is -5.00. The second-order valence-electron chi connectivity index (χ2n) is 11.1. The number of hydrogen-bond donors (Lipinski definition) is 0. The number of nitrogens with zero attached hydrogens (tertiary/aromatic N) is 2. The monoisotopic (exact) mass is 606 g/mol. The third-order valence-electron chi connectivity index (χ3n) is 7.26. The van der Waals surface area contributed by atoms with Crippen LogP contribution in [0.15, 0.2) is 17.7 Å². The van der Waals surface area contributed by atoms with E-state index in [2.05, 4.69) is 0 Å². The van der Waals surface area contributed by atoms with Crippen LogP contribution in [0.5, 0.6) is 17.2 Å². The molecular formula is C32H34N2O10. The van der Waals surface area contributed by atoms with Gasteiger partial charge in [0.05, 0.1) is 16.8 Å². The van der Waals surface area contributed by atoms with Gasteiger partial charge in [0.15, 0.2) is 23.1 Å². The van der Waals surface area contributed by atoms with E-state index < -0.39 is 41.4 Å². The van der Waals surface area contributed by atoms with Crippen molar-refractivity contribution in [1.29, 1.82) is 0 Å². The minimum atomic E-state index is -0.802. The predicted octanol–water partition coefficient (Wildman–Crippen LogP) is 3.68. The molecule has 2 aromatic carbocycles. The van der Waals surface area contributed by atoms with Crippen LogP contribution in [0, 0.1) is 5.92 Å². The lowest BCUT2D eigenvalue weighted by Gasteiger charge is -2.37. The number of ether oxygens (including phenoxy) is 4. The van der Waals surface area contributed by atoms with E-state index in [4.69, 9.17) is 18.9 Å². The summed E-state index contributed by atoms with van der Waals surface area (Å²) in [5.41, 5.74) is 2.15. The fourth-order valence-electron chi connectivity index (χ4n) is 5.95.